The number of nitrogens with two attached hydrogens (primary N) is 1. The monoisotopic (exact) mass is 686 g/mol. The van der Waals surface area contributed by atoms with Crippen molar-refractivity contribution in [2.24, 2.45) is 23.5 Å². The molecule has 0 saturated heterocycles. The van der Waals surface area contributed by atoms with Crippen LogP contribution in [0.3, 0.4) is 0 Å². The van der Waals surface area contributed by atoms with Gasteiger partial charge >= 0.3 is 11.9 Å². The average molecular weight is 687 g/mol. The van der Waals surface area contributed by atoms with Gasteiger partial charge in [-0.25, -0.2) is 0 Å². The Hall–Kier alpha value is -3.79. The van der Waals surface area contributed by atoms with Crippen LogP contribution in [-0.2, 0) is 33.6 Å². The number of nitrogens with one attached hydrogen (secondary N) is 5. The molecule has 0 aromatic rings. The van der Waals surface area contributed by atoms with Gasteiger partial charge in [-0.2, -0.15) is 0 Å². The topological polar surface area (TPSA) is 266 Å². The number of hydrogen-bond acceptors (Lipinski definition) is 9. The van der Waals surface area contributed by atoms with E-state index in [-0.39, 0.29) is 43.9 Å². The average Bonchev–Trinajstić information content (AvgIpc) is 2.96. The molecular formula is C32H58N6O10. The van der Waals surface area contributed by atoms with Gasteiger partial charge in [0.15, 0.2) is 0 Å². The smallest absolute Gasteiger partial charge is 0.325 e. The molecule has 0 aliphatic heterocycles. The van der Waals surface area contributed by atoms with Crippen LogP contribution in [0.5, 0.6) is 0 Å². The van der Waals surface area contributed by atoms with Crippen molar-refractivity contribution in [3.63, 3.8) is 0 Å². The third-order valence-corrected chi connectivity index (χ3v) is 7.46. The molecule has 0 saturated carbocycles. The maximum absolute atomic E-state index is 13.5. The highest BCUT2D eigenvalue weighted by Crippen LogP contribution is 2.14. The minimum Gasteiger partial charge on any atom is -0.481 e. The van der Waals surface area contributed by atoms with E-state index in [1.54, 1.807) is 13.8 Å². The van der Waals surface area contributed by atoms with Crippen molar-refractivity contribution in [3.8, 4) is 0 Å². The fourth-order valence-corrected chi connectivity index (χ4v) is 4.79. The summed E-state index contributed by atoms with van der Waals surface area (Å²) in [5.41, 5.74) is 5.82. The zero-order chi connectivity index (χ0) is 37.3. The van der Waals surface area contributed by atoms with Gasteiger partial charge in [0.05, 0.1) is 24.6 Å². The number of carboxylic acids is 2. The quantitative estimate of drug-likeness (QED) is 0.0691. The third-order valence-electron chi connectivity index (χ3n) is 7.46. The first-order valence-electron chi connectivity index (χ1n) is 16.6. The van der Waals surface area contributed by atoms with Crippen LogP contribution in [0.15, 0.2) is 0 Å². The number of aliphatic hydroxyl groups is 1. The van der Waals surface area contributed by atoms with E-state index >= 15 is 0 Å². The lowest BCUT2D eigenvalue weighted by molar-refractivity contribution is -0.142. The molecule has 0 rings (SSSR count). The van der Waals surface area contributed by atoms with Crippen LogP contribution in [0.4, 0.5) is 0 Å². The SMILES string of the molecule is CCC[C@H](NC(=O)[C@H](CC(C)C)NC(=O)[C@@H](N)CCC(=O)O)C(=O)N[C@@H](CC(C)C)[C@@H](O)CC(=O)N[C@H](C(=O)N[C@@H](C)C(=O)O)C(C)C. The number of carbonyl (C=O) groups excluding carboxylic acids is 5. The fraction of sp³-hybridized carbons (Fsp3) is 0.781. The fourth-order valence-electron chi connectivity index (χ4n) is 4.79. The van der Waals surface area contributed by atoms with E-state index in [2.05, 4.69) is 26.6 Å². The van der Waals surface area contributed by atoms with Gasteiger partial charge in [-0.3, -0.25) is 33.6 Å². The van der Waals surface area contributed by atoms with E-state index < -0.39 is 96.2 Å². The Morgan fingerprint density at radius 1 is 0.667 bits per heavy atom. The number of amides is 5. The van der Waals surface area contributed by atoms with Crippen LogP contribution >= 0.6 is 0 Å². The Morgan fingerprint density at radius 2 is 1.21 bits per heavy atom. The number of carbonyl (C=O) groups is 7. The summed E-state index contributed by atoms with van der Waals surface area (Å²) in [5.74, 6) is -6.12. The van der Waals surface area contributed by atoms with E-state index in [9.17, 15) is 38.7 Å². The molecule has 16 nitrogen and oxygen atoms in total. The molecule has 0 heterocycles. The Labute approximate surface area is 283 Å². The van der Waals surface area contributed by atoms with E-state index in [0.29, 0.717) is 6.42 Å². The summed E-state index contributed by atoms with van der Waals surface area (Å²) in [4.78, 5) is 87.0. The van der Waals surface area contributed by atoms with Crippen LogP contribution in [0.1, 0.15) is 100 Å². The summed E-state index contributed by atoms with van der Waals surface area (Å²) in [6, 6.07) is -6.40. The predicted octanol–water partition coefficient (Wildman–Crippen LogP) is 0.00630. The second-order valence-corrected chi connectivity index (χ2v) is 13.5. The van der Waals surface area contributed by atoms with Gasteiger partial charge in [-0.1, -0.05) is 54.9 Å². The molecule has 276 valence electrons. The molecule has 10 N–H and O–H groups in total. The van der Waals surface area contributed by atoms with Crippen LogP contribution < -0.4 is 32.3 Å². The van der Waals surface area contributed by atoms with Crippen LogP contribution in [0.25, 0.3) is 0 Å². The molecule has 5 amide bonds. The summed E-state index contributed by atoms with van der Waals surface area (Å²) >= 11 is 0. The molecular weight excluding hydrogens is 628 g/mol. The standard InChI is InChI=1S/C32H58N6O10/c1-9-10-21(35-30(45)23(14-17(4)5)37-28(43)20(33)11-12-26(41)42)29(44)36-22(13-16(2)3)24(39)15-25(40)38-27(18(6)7)31(46)34-19(8)32(47)48/h16-24,27,39H,9-15,33H2,1-8H3,(H,34,46)(H,35,45)(H,36,44)(H,37,43)(H,38,40)(H,41,42)(H,47,48)/t19-,20-,21-,22-,23-,24-,27-/m0/s1. The minimum atomic E-state index is -1.37. The summed E-state index contributed by atoms with van der Waals surface area (Å²) < 4.78 is 0. The first-order chi connectivity index (χ1) is 22.2. The highest BCUT2D eigenvalue weighted by Gasteiger charge is 2.33. The molecule has 0 fully saturated rings. The Balaban J connectivity index is 5.76. The van der Waals surface area contributed by atoms with Crippen molar-refractivity contribution < 1.29 is 48.9 Å². The third kappa shape index (κ3) is 17.4. The Kier molecular flexibility index (Phi) is 20.2. The minimum absolute atomic E-state index is 0.0186. The second kappa shape index (κ2) is 22.0. The van der Waals surface area contributed by atoms with Crippen molar-refractivity contribution in [2.45, 2.75) is 143 Å². The van der Waals surface area contributed by atoms with E-state index in [4.69, 9.17) is 15.9 Å². The zero-order valence-electron chi connectivity index (χ0n) is 29.5. The van der Waals surface area contributed by atoms with Gasteiger partial charge in [-0.15, -0.1) is 0 Å². The lowest BCUT2D eigenvalue weighted by Gasteiger charge is -2.29. The van der Waals surface area contributed by atoms with Gasteiger partial charge in [0.1, 0.15) is 24.2 Å². The predicted molar refractivity (Wildman–Crippen MR) is 177 cm³/mol. The molecule has 48 heavy (non-hydrogen) atoms. The lowest BCUT2D eigenvalue weighted by atomic mass is 9.95. The highest BCUT2D eigenvalue weighted by atomic mass is 16.4. The van der Waals surface area contributed by atoms with Crippen molar-refractivity contribution in [1.82, 2.24) is 26.6 Å². The largest absolute Gasteiger partial charge is 0.481 e. The van der Waals surface area contributed by atoms with Crippen LogP contribution in [-0.4, -0.2) is 99.1 Å². The van der Waals surface area contributed by atoms with Gasteiger partial charge in [0, 0.05) is 6.42 Å². The van der Waals surface area contributed by atoms with Crippen molar-refractivity contribution >= 4 is 41.5 Å². The maximum Gasteiger partial charge on any atom is 0.325 e. The van der Waals surface area contributed by atoms with Gasteiger partial charge in [0.2, 0.25) is 29.5 Å². The molecule has 7 atom stereocenters. The lowest BCUT2D eigenvalue weighted by Crippen LogP contribution is -2.58. The summed E-state index contributed by atoms with van der Waals surface area (Å²) in [7, 11) is 0. The van der Waals surface area contributed by atoms with Gasteiger partial charge in [0.25, 0.3) is 0 Å². The number of carboxylic acid groups (broad SMARTS) is 2. The number of rotatable bonds is 23. The maximum atomic E-state index is 13.5. The first kappa shape index (κ1) is 44.2. The molecule has 0 spiro atoms. The molecule has 0 unspecified atom stereocenters. The van der Waals surface area contributed by atoms with Gasteiger partial charge < -0.3 is 47.6 Å². The molecule has 0 aliphatic rings. The molecule has 0 bridgehead atoms. The van der Waals surface area contributed by atoms with Crippen LogP contribution in [0.2, 0.25) is 0 Å². The van der Waals surface area contributed by atoms with E-state index in [0.717, 1.165) is 0 Å². The normalized spacial score (nSPS) is 15.8. The molecule has 16 heteroatoms. The molecule has 0 radical (unpaired) electrons. The van der Waals surface area contributed by atoms with E-state index in [1.165, 1.54) is 6.92 Å². The Bertz CT molecular complexity index is 1100. The summed E-state index contributed by atoms with van der Waals surface area (Å²) in [6.07, 6.45) is -1.07. The molecule has 0 aromatic carbocycles. The highest BCUT2D eigenvalue weighted by molar-refractivity contribution is 5.93. The van der Waals surface area contributed by atoms with Crippen molar-refractivity contribution in [3.05, 3.63) is 0 Å². The second-order valence-electron chi connectivity index (χ2n) is 13.5. The summed E-state index contributed by atoms with van der Waals surface area (Å²) in [5, 5.41) is 41.9. The number of aliphatic hydroxyl groups excluding tert-OH is 1. The number of hydrogen-bond donors (Lipinski definition) is 9. The van der Waals surface area contributed by atoms with Crippen molar-refractivity contribution in [2.75, 3.05) is 0 Å². The Morgan fingerprint density at radius 3 is 1.69 bits per heavy atom. The zero-order valence-corrected chi connectivity index (χ0v) is 29.5. The van der Waals surface area contributed by atoms with E-state index in [1.807, 2.05) is 34.6 Å². The summed E-state index contributed by atoms with van der Waals surface area (Å²) in [6.45, 7) is 13.8. The molecule has 0 aromatic heterocycles. The van der Waals surface area contributed by atoms with Crippen molar-refractivity contribution in [1.29, 1.82) is 0 Å². The molecule has 0 aliphatic carbocycles. The van der Waals surface area contributed by atoms with Gasteiger partial charge in [-0.05, 0) is 50.4 Å². The number of aliphatic carboxylic acids is 2. The first-order valence-corrected chi connectivity index (χ1v) is 16.6. The van der Waals surface area contributed by atoms with Crippen LogP contribution in [0, 0.1) is 17.8 Å².